The lowest BCUT2D eigenvalue weighted by atomic mass is 9.90. The summed E-state index contributed by atoms with van der Waals surface area (Å²) >= 11 is 0. The molecule has 0 aliphatic carbocycles. The first-order chi connectivity index (χ1) is 12.1. The van der Waals surface area contributed by atoms with E-state index >= 15 is 0 Å². The largest absolute Gasteiger partial charge is 0.461 e. The van der Waals surface area contributed by atoms with Crippen LogP contribution in [0.2, 0.25) is 0 Å². The Balaban J connectivity index is 1.86. The number of rotatable bonds is 4. The molecular formula is C20H25N3O2. The number of hydrogen-bond donors (Lipinski definition) is 0. The van der Waals surface area contributed by atoms with Gasteiger partial charge in [0.15, 0.2) is 0 Å². The molecule has 1 saturated heterocycles. The quantitative estimate of drug-likeness (QED) is 0.792. The van der Waals surface area contributed by atoms with Crippen LogP contribution in [0, 0.1) is 6.92 Å². The predicted octanol–water partition coefficient (Wildman–Crippen LogP) is 3.86. The number of piperidine rings is 1. The highest BCUT2D eigenvalue weighted by atomic mass is 16.5. The lowest BCUT2D eigenvalue weighted by Gasteiger charge is -2.39. The Morgan fingerprint density at radius 2 is 2.04 bits per heavy atom. The molecule has 1 aliphatic rings. The van der Waals surface area contributed by atoms with Gasteiger partial charge in [0.1, 0.15) is 5.69 Å². The lowest BCUT2D eigenvalue weighted by molar-refractivity contribution is 0.0517. The average molecular weight is 339 g/mol. The summed E-state index contributed by atoms with van der Waals surface area (Å²) in [5.41, 5.74) is 3.65. The van der Waals surface area contributed by atoms with Crippen molar-refractivity contribution in [3.8, 4) is 0 Å². The maximum absolute atomic E-state index is 12.0. The van der Waals surface area contributed by atoms with Crippen molar-refractivity contribution in [2.45, 2.75) is 45.2 Å². The van der Waals surface area contributed by atoms with E-state index in [9.17, 15) is 4.79 Å². The third-order valence-corrected chi connectivity index (χ3v) is 4.90. The van der Waals surface area contributed by atoms with Crippen molar-refractivity contribution in [1.82, 2.24) is 14.9 Å². The van der Waals surface area contributed by atoms with Gasteiger partial charge in [0, 0.05) is 6.20 Å². The zero-order valence-electron chi connectivity index (χ0n) is 15.1. The van der Waals surface area contributed by atoms with E-state index in [1.54, 1.807) is 13.0 Å². The first-order valence-corrected chi connectivity index (χ1v) is 8.89. The molecule has 2 aromatic heterocycles. The van der Waals surface area contributed by atoms with Crippen LogP contribution in [0.3, 0.4) is 0 Å². The van der Waals surface area contributed by atoms with Crippen LogP contribution in [0.5, 0.6) is 0 Å². The number of ether oxygens (including phenoxy) is 1. The van der Waals surface area contributed by atoms with E-state index < -0.39 is 0 Å². The molecule has 2 atom stereocenters. The van der Waals surface area contributed by atoms with Crippen molar-refractivity contribution in [3.05, 3.63) is 59.2 Å². The van der Waals surface area contributed by atoms with Crippen LogP contribution in [0.15, 0.2) is 36.5 Å². The molecule has 3 heterocycles. The predicted molar refractivity (Wildman–Crippen MR) is 96.3 cm³/mol. The second-order valence-electron chi connectivity index (χ2n) is 6.50. The summed E-state index contributed by atoms with van der Waals surface area (Å²) in [7, 11) is 2.13. The molecule has 5 nitrogen and oxygen atoms in total. The average Bonchev–Trinajstić information content (AvgIpc) is 2.63. The Morgan fingerprint density at radius 3 is 2.80 bits per heavy atom. The Hall–Kier alpha value is -2.27. The van der Waals surface area contributed by atoms with Crippen molar-refractivity contribution >= 4 is 5.97 Å². The number of aryl methyl sites for hydroxylation is 1. The van der Waals surface area contributed by atoms with Crippen LogP contribution >= 0.6 is 0 Å². The van der Waals surface area contributed by atoms with Gasteiger partial charge >= 0.3 is 5.97 Å². The highest BCUT2D eigenvalue weighted by molar-refractivity contribution is 5.87. The third kappa shape index (κ3) is 3.71. The van der Waals surface area contributed by atoms with Crippen LogP contribution in [0.25, 0.3) is 0 Å². The third-order valence-electron chi connectivity index (χ3n) is 4.90. The van der Waals surface area contributed by atoms with Gasteiger partial charge in [-0.05, 0) is 63.9 Å². The number of nitrogens with zero attached hydrogens (tertiary/aromatic N) is 3. The molecule has 0 bridgehead atoms. The van der Waals surface area contributed by atoms with E-state index in [-0.39, 0.29) is 18.1 Å². The van der Waals surface area contributed by atoms with Crippen LogP contribution in [-0.2, 0) is 4.74 Å². The normalized spacial score (nSPS) is 21.1. The van der Waals surface area contributed by atoms with E-state index in [0.29, 0.717) is 12.3 Å². The molecule has 25 heavy (non-hydrogen) atoms. The van der Waals surface area contributed by atoms with Crippen LogP contribution in [-0.4, -0.2) is 34.5 Å². The van der Waals surface area contributed by atoms with Gasteiger partial charge in [0.2, 0.25) is 0 Å². The first kappa shape index (κ1) is 17.5. The number of aromatic nitrogens is 2. The molecule has 0 N–H and O–H groups in total. The summed E-state index contributed by atoms with van der Waals surface area (Å²) in [6.45, 7) is 4.27. The van der Waals surface area contributed by atoms with Gasteiger partial charge in [-0.1, -0.05) is 12.1 Å². The molecule has 0 aromatic carbocycles. The topological polar surface area (TPSA) is 55.3 Å². The minimum atomic E-state index is -0.361. The number of esters is 1. The maximum atomic E-state index is 12.0. The van der Waals surface area contributed by atoms with Crippen molar-refractivity contribution < 1.29 is 9.53 Å². The van der Waals surface area contributed by atoms with Gasteiger partial charge in [-0.15, -0.1) is 0 Å². The fraction of sp³-hybridized carbons (Fsp3) is 0.450. The van der Waals surface area contributed by atoms with Crippen molar-refractivity contribution in [1.29, 1.82) is 0 Å². The maximum Gasteiger partial charge on any atom is 0.356 e. The van der Waals surface area contributed by atoms with Gasteiger partial charge in [-0.2, -0.15) is 0 Å². The van der Waals surface area contributed by atoms with Gasteiger partial charge < -0.3 is 4.74 Å². The Morgan fingerprint density at radius 1 is 1.24 bits per heavy atom. The van der Waals surface area contributed by atoms with E-state index in [4.69, 9.17) is 4.74 Å². The summed E-state index contributed by atoms with van der Waals surface area (Å²) in [6, 6.07) is 10.1. The fourth-order valence-corrected chi connectivity index (χ4v) is 3.62. The molecule has 0 radical (unpaired) electrons. The SMILES string of the molecule is CCOC(=O)c1cccc(C2CCCC(c3ncccc3C)N2C)n1. The van der Waals surface area contributed by atoms with E-state index in [2.05, 4.69) is 34.9 Å². The standard InChI is InChI=1S/C20H25N3O2/c1-4-25-20(24)16-10-5-9-15(22-16)17-11-6-12-18(23(17)3)19-14(2)8-7-13-21-19/h5,7-10,13,17-18H,4,6,11-12H2,1-3H3. The van der Waals surface area contributed by atoms with Crippen LogP contribution < -0.4 is 0 Å². The molecule has 0 amide bonds. The molecule has 2 unspecified atom stereocenters. The van der Waals surface area contributed by atoms with Crippen molar-refractivity contribution in [3.63, 3.8) is 0 Å². The fourth-order valence-electron chi connectivity index (χ4n) is 3.62. The monoisotopic (exact) mass is 339 g/mol. The molecule has 0 saturated carbocycles. The number of carbonyl (C=O) groups excluding carboxylic acids is 1. The summed E-state index contributed by atoms with van der Waals surface area (Å²) in [4.78, 5) is 23.5. The zero-order chi connectivity index (χ0) is 17.8. The van der Waals surface area contributed by atoms with Gasteiger partial charge in [0.25, 0.3) is 0 Å². The number of carbonyl (C=O) groups is 1. The minimum absolute atomic E-state index is 0.175. The summed E-state index contributed by atoms with van der Waals surface area (Å²) in [5, 5.41) is 0. The summed E-state index contributed by atoms with van der Waals surface area (Å²) < 4.78 is 5.08. The van der Waals surface area contributed by atoms with Crippen LogP contribution in [0.1, 0.15) is 65.7 Å². The summed E-state index contributed by atoms with van der Waals surface area (Å²) in [6.07, 6.45) is 5.08. The molecule has 3 rings (SSSR count). The molecule has 5 heteroatoms. The molecule has 0 spiro atoms. The number of likely N-dealkylation sites (tertiary alicyclic amines) is 1. The Kier molecular flexibility index (Phi) is 5.43. The van der Waals surface area contributed by atoms with E-state index in [1.807, 2.05) is 24.4 Å². The van der Waals surface area contributed by atoms with Crippen molar-refractivity contribution in [2.24, 2.45) is 0 Å². The van der Waals surface area contributed by atoms with E-state index in [0.717, 1.165) is 30.7 Å². The molecule has 132 valence electrons. The first-order valence-electron chi connectivity index (χ1n) is 8.89. The summed E-state index contributed by atoms with van der Waals surface area (Å²) in [5.74, 6) is -0.361. The highest BCUT2D eigenvalue weighted by Crippen LogP contribution is 2.39. The van der Waals surface area contributed by atoms with Gasteiger partial charge in [0.05, 0.1) is 30.1 Å². The van der Waals surface area contributed by atoms with Gasteiger partial charge in [-0.25, -0.2) is 9.78 Å². The van der Waals surface area contributed by atoms with E-state index in [1.165, 1.54) is 5.56 Å². The minimum Gasteiger partial charge on any atom is -0.461 e. The Bertz CT molecular complexity index is 747. The number of pyridine rings is 2. The van der Waals surface area contributed by atoms with Crippen molar-refractivity contribution in [2.75, 3.05) is 13.7 Å². The zero-order valence-corrected chi connectivity index (χ0v) is 15.1. The molecular weight excluding hydrogens is 314 g/mol. The Labute approximate surface area is 149 Å². The highest BCUT2D eigenvalue weighted by Gasteiger charge is 2.32. The molecule has 2 aromatic rings. The molecule has 1 aliphatic heterocycles. The molecule has 1 fully saturated rings. The van der Waals surface area contributed by atoms with Crippen LogP contribution in [0.4, 0.5) is 0 Å². The smallest absolute Gasteiger partial charge is 0.356 e. The lowest BCUT2D eigenvalue weighted by Crippen LogP contribution is -2.34. The van der Waals surface area contributed by atoms with Gasteiger partial charge in [-0.3, -0.25) is 9.88 Å². The second-order valence-corrected chi connectivity index (χ2v) is 6.50. The second kappa shape index (κ2) is 7.74. The number of hydrogen-bond acceptors (Lipinski definition) is 5.